The maximum atomic E-state index is 13.0. The van der Waals surface area contributed by atoms with E-state index in [0.717, 1.165) is 0 Å². The number of sulfonamides is 1. The van der Waals surface area contributed by atoms with Gasteiger partial charge in [0.1, 0.15) is 10.6 Å². The molecule has 1 heterocycles. The normalized spacial score (nSPS) is 11.4. The van der Waals surface area contributed by atoms with Crippen LogP contribution in [0.4, 0.5) is 5.69 Å². The van der Waals surface area contributed by atoms with Gasteiger partial charge in [0, 0.05) is 24.2 Å². The number of rotatable bonds is 13. The molecule has 2 rings (SSSR count). The highest BCUT2D eigenvalue weighted by molar-refractivity contribution is 8.01. The van der Waals surface area contributed by atoms with Crippen molar-refractivity contribution in [3.8, 4) is 5.75 Å². The third kappa shape index (κ3) is 7.70. The SMILES string of the molecule is CCOC(=O)Cc1csc(SCC(=O)Nc2ccc(OCC)c(S(=O)(=O)N(CC)CC)c2)n1. The second-order valence-electron chi connectivity index (χ2n) is 6.61. The van der Waals surface area contributed by atoms with E-state index in [9.17, 15) is 18.0 Å². The third-order valence-electron chi connectivity index (χ3n) is 4.34. The Morgan fingerprint density at radius 3 is 2.52 bits per heavy atom. The number of ether oxygens (including phenoxy) is 2. The molecule has 1 aromatic carbocycles. The second kappa shape index (κ2) is 12.9. The van der Waals surface area contributed by atoms with E-state index in [2.05, 4.69) is 10.3 Å². The number of hydrogen-bond donors (Lipinski definition) is 1. The van der Waals surface area contributed by atoms with Crippen molar-refractivity contribution >= 4 is 50.7 Å². The van der Waals surface area contributed by atoms with E-state index in [1.807, 2.05) is 0 Å². The molecule has 182 valence electrons. The average Bonchev–Trinajstić information content (AvgIpc) is 3.21. The predicted octanol–water partition coefficient (Wildman–Crippen LogP) is 3.41. The van der Waals surface area contributed by atoms with Crippen molar-refractivity contribution in [2.75, 3.05) is 37.4 Å². The Labute approximate surface area is 202 Å². The van der Waals surface area contributed by atoms with Crippen LogP contribution in [0.1, 0.15) is 33.4 Å². The molecule has 0 saturated heterocycles. The molecule has 0 unspecified atom stereocenters. The lowest BCUT2D eigenvalue weighted by molar-refractivity contribution is -0.142. The maximum absolute atomic E-state index is 13.0. The van der Waals surface area contributed by atoms with Gasteiger partial charge in [0.25, 0.3) is 0 Å². The number of nitrogens with zero attached hydrogens (tertiary/aromatic N) is 2. The fourth-order valence-electron chi connectivity index (χ4n) is 2.88. The van der Waals surface area contributed by atoms with Crippen LogP contribution >= 0.6 is 23.1 Å². The molecular weight excluding hydrogens is 486 g/mol. The zero-order valence-electron chi connectivity index (χ0n) is 19.1. The Hall–Kier alpha value is -2.15. The number of aromatic nitrogens is 1. The number of thioether (sulfide) groups is 1. The van der Waals surface area contributed by atoms with E-state index in [1.54, 1.807) is 45.2 Å². The van der Waals surface area contributed by atoms with Crippen molar-refractivity contribution in [2.45, 2.75) is 43.4 Å². The zero-order chi connectivity index (χ0) is 24.4. The molecule has 0 spiro atoms. The molecule has 9 nitrogen and oxygen atoms in total. The number of esters is 1. The average molecular weight is 516 g/mol. The van der Waals surface area contributed by atoms with Crippen LogP contribution in [0.5, 0.6) is 5.75 Å². The summed E-state index contributed by atoms with van der Waals surface area (Å²) in [5, 5.41) is 4.49. The van der Waals surface area contributed by atoms with Crippen LogP contribution in [0.2, 0.25) is 0 Å². The third-order valence-corrected chi connectivity index (χ3v) is 8.48. The Balaban J connectivity index is 2.07. The Morgan fingerprint density at radius 1 is 1.15 bits per heavy atom. The first-order valence-electron chi connectivity index (χ1n) is 10.5. The van der Waals surface area contributed by atoms with Gasteiger partial charge in [-0.3, -0.25) is 9.59 Å². The van der Waals surface area contributed by atoms with Crippen LogP contribution in [0.25, 0.3) is 0 Å². The van der Waals surface area contributed by atoms with Gasteiger partial charge in [-0.15, -0.1) is 11.3 Å². The predicted molar refractivity (Wildman–Crippen MR) is 130 cm³/mol. The molecule has 0 atom stereocenters. The zero-order valence-corrected chi connectivity index (χ0v) is 21.6. The quantitative estimate of drug-likeness (QED) is 0.319. The van der Waals surface area contributed by atoms with Crippen LogP contribution in [-0.2, 0) is 30.8 Å². The van der Waals surface area contributed by atoms with E-state index < -0.39 is 10.0 Å². The Morgan fingerprint density at radius 2 is 1.88 bits per heavy atom. The first-order valence-corrected chi connectivity index (χ1v) is 13.8. The van der Waals surface area contributed by atoms with E-state index in [0.29, 0.717) is 42.0 Å². The fourth-order valence-corrected chi connectivity index (χ4v) is 6.14. The van der Waals surface area contributed by atoms with Crippen molar-refractivity contribution < 1.29 is 27.5 Å². The van der Waals surface area contributed by atoms with Gasteiger partial charge in [-0.05, 0) is 32.0 Å². The highest BCUT2D eigenvalue weighted by atomic mass is 32.2. The van der Waals surface area contributed by atoms with Gasteiger partial charge in [0.2, 0.25) is 15.9 Å². The van der Waals surface area contributed by atoms with Crippen molar-refractivity contribution in [1.82, 2.24) is 9.29 Å². The summed E-state index contributed by atoms with van der Waals surface area (Å²) >= 11 is 2.58. The lowest BCUT2D eigenvalue weighted by Crippen LogP contribution is -2.31. The number of thiazole rings is 1. The van der Waals surface area contributed by atoms with Gasteiger partial charge in [-0.1, -0.05) is 25.6 Å². The minimum Gasteiger partial charge on any atom is -0.492 e. The standard InChI is InChI=1S/C21H29N3O6S3/c1-5-24(6-2)33(27,28)18-11-15(9-10-17(18)29-7-3)22-19(25)14-32-21-23-16(13-31-21)12-20(26)30-8-4/h9-11,13H,5-8,12,14H2,1-4H3,(H,22,25). The summed E-state index contributed by atoms with van der Waals surface area (Å²) in [7, 11) is -3.77. The van der Waals surface area contributed by atoms with Gasteiger partial charge < -0.3 is 14.8 Å². The summed E-state index contributed by atoms with van der Waals surface area (Å²) in [6.45, 7) is 8.32. The van der Waals surface area contributed by atoms with E-state index in [-0.39, 0.29) is 34.7 Å². The maximum Gasteiger partial charge on any atom is 0.311 e. The Kier molecular flexibility index (Phi) is 10.6. The molecule has 12 heteroatoms. The molecule has 0 radical (unpaired) electrons. The highest BCUT2D eigenvalue weighted by Gasteiger charge is 2.26. The summed E-state index contributed by atoms with van der Waals surface area (Å²) in [6.07, 6.45) is 0.0903. The van der Waals surface area contributed by atoms with Gasteiger partial charge in [-0.25, -0.2) is 13.4 Å². The number of anilines is 1. The number of carbonyl (C=O) groups excluding carboxylic acids is 2. The molecule has 0 aliphatic rings. The molecule has 1 amide bonds. The molecule has 0 aliphatic heterocycles. The molecule has 0 fully saturated rings. The van der Waals surface area contributed by atoms with E-state index in [1.165, 1.54) is 33.5 Å². The highest BCUT2D eigenvalue weighted by Crippen LogP contribution is 2.30. The summed E-state index contributed by atoms with van der Waals surface area (Å²) < 4.78 is 38.5. The number of hydrogen-bond acceptors (Lipinski definition) is 9. The first kappa shape index (κ1) is 27.1. The lowest BCUT2D eigenvalue weighted by atomic mass is 10.3. The Bertz CT molecular complexity index is 1050. The summed E-state index contributed by atoms with van der Waals surface area (Å²) in [6, 6.07) is 4.57. The van der Waals surface area contributed by atoms with E-state index in [4.69, 9.17) is 9.47 Å². The minimum absolute atomic E-state index is 0.0158. The smallest absolute Gasteiger partial charge is 0.311 e. The van der Waals surface area contributed by atoms with E-state index >= 15 is 0 Å². The van der Waals surface area contributed by atoms with Crippen molar-refractivity contribution in [1.29, 1.82) is 0 Å². The summed E-state index contributed by atoms with van der Waals surface area (Å²) in [5.41, 5.74) is 0.955. The van der Waals surface area contributed by atoms with Crippen molar-refractivity contribution in [3.05, 3.63) is 29.3 Å². The van der Waals surface area contributed by atoms with Gasteiger partial charge >= 0.3 is 5.97 Å². The number of nitrogens with one attached hydrogen (secondary N) is 1. The van der Waals surface area contributed by atoms with Crippen LogP contribution in [0, 0.1) is 0 Å². The topological polar surface area (TPSA) is 115 Å². The van der Waals surface area contributed by atoms with Crippen molar-refractivity contribution in [2.24, 2.45) is 0 Å². The monoisotopic (exact) mass is 515 g/mol. The molecule has 1 N–H and O–H groups in total. The van der Waals surface area contributed by atoms with Crippen molar-refractivity contribution in [3.63, 3.8) is 0 Å². The minimum atomic E-state index is -3.77. The van der Waals surface area contributed by atoms with Gasteiger partial charge in [0.05, 0.1) is 31.1 Å². The van der Waals surface area contributed by atoms with Crippen LogP contribution in [0.3, 0.4) is 0 Å². The molecular formula is C21H29N3O6S3. The van der Waals surface area contributed by atoms with Crippen LogP contribution in [0.15, 0.2) is 32.8 Å². The molecule has 0 saturated carbocycles. The summed E-state index contributed by atoms with van der Waals surface area (Å²) in [5.74, 6) is -0.327. The molecule has 0 aliphatic carbocycles. The summed E-state index contributed by atoms with van der Waals surface area (Å²) in [4.78, 5) is 28.3. The number of benzene rings is 1. The lowest BCUT2D eigenvalue weighted by Gasteiger charge is -2.21. The first-order chi connectivity index (χ1) is 15.7. The molecule has 33 heavy (non-hydrogen) atoms. The second-order valence-corrected chi connectivity index (χ2v) is 10.6. The van der Waals surface area contributed by atoms with Crippen LogP contribution < -0.4 is 10.1 Å². The fraction of sp³-hybridized carbons (Fsp3) is 0.476. The number of amides is 1. The molecule has 2 aromatic rings. The molecule has 0 bridgehead atoms. The van der Waals surface area contributed by atoms with Gasteiger partial charge in [0.15, 0.2) is 4.34 Å². The largest absolute Gasteiger partial charge is 0.492 e. The molecule has 1 aromatic heterocycles. The van der Waals surface area contributed by atoms with Gasteiger partial charge in [-0.2, -0.15) is 4.31 Å². The number of carbonyl (C=O) groups is 2. The van der Waals surface area contributed by atoms with Crippen LogP contribution in [-0.4, -0.2) is 61.6 Å².